The van der Waals surface area contributed by atoms with Crippen LogP contribution in [-0.2, 0) is 4.74 Å². The maximum atomic E-state index is 6.38. The van der Waals surface area contributed by atoms with E-state index in [1.54, 1.807) is 0 Å². The summed E-state index contributed by atoms with van der Waals surface area (Å²) in [6.07, 6.45) is 0.582. The Morgan fingerprint density at radius 1 is 1.17 bits per heavy atom. The molecule has 1 heterocycles. The topological polar surface area (TPSA) is 38.5 Å². The van der Waals surface area contributed by atoms with Gasteiger partial charge in [-0.1, -0.05) is 30.3 Å². The van der Waals surface area contributed by atoms with Crippen molar-refractivity contribution >= 4 is 0 Å². The molecule has 18 heavy (non-hydrogen) atoms. The van der Waals surface area contributed by atoms with Crippen LogP contribution in [0.2, 0.25) is 0 Å². The van der Waals surface area contributed by atoms with Gasteiger partial charge in [0.2, 0.25) is 0 Å². The van der Waals surface area contributed by atoms with Crippen molar-refractivity contribution in [3.8, 4) is 0 Å². The molecule has 1 saturated heterocycles. The lowest BCUT2D eigenvalue weighted by Crippen LogP contribution is -2.52. The van der Waals surface area contributed by atoms with E-state index in [1.165, 1.54) is 5.56 Å². The van der Waals surface area contributed by atoms with Crippen LogP contribution in [0, 0.1) is 0 Å². The maximum Gasteiger partial charge on any atom is 0.0678 e. The molecule has 4 unspecified atom stereocenters. The Morgan fingerprint density at radius 2 is 1.72 bits per heavy atom. The van der Waals surface area contributed by atoms with Crippen LogP contribution < -0.4 is 5.73 Å². The minimum absolute atomic E-state index is 0.0590. The fraction of sp³-hybridized carbons (Fsp3) is 0.600. The van der Waals surface area contributed by atoms with E-state index in [4.69, 9.17) is 10.5 Å². The van der Waals surface area contributed by atoms with Crippen molar-refractivity contribution in [3.05, 3.63) is 35.9 Å². The summed E-state index contributed by atoms with van der Waals surface area (Å²) in [4.78, 5) is 2.44. The molecule has 2 rings (SSSR count). The zero-order valence-electron chi connectivity index (χ0n) is 11.5. The average Bonchev–Trinajstić information content (AvgIpc) is 2.37. The summed E-state index contributed by atoms with van der Waals surface area (Å²) in [5.74, 6) is 0. The third kappa shape index (κ3) is 3.10. The molecule has 1 aliphatic rings. The molecule has 4 atom stereocenters. The molecule has 0 aliphatic carbocycles. The molecular weight excluding hydrogens is 224 g/mol. The first-order chi connectivity index (χ1) is 8.58. The molecule has 0 radical (unpaired) electrons. The van der Waals surface area contributed by atoms with Gasteiger partial charge < -0.3 is 10.5 Å². The molecule has 1 aliphatic heterocycles. The van der Waals surface area contributed by atoms with E-state index in [0.717, 1.165) is 13.1 Å². The highest BCUT2D eigenvalue weighted by molar-refractivity contribution is 5.20. The molecule has 0 aromatic heterocycles. The highest BCUT2D eigenvalue weighted by Crippen LogP contribution is 2.22. The van der Waals surface area contributed by atoms with Gasteiger partial charge in [-0.15, -0.1) is 0 Å². The van der Waals surface area contributed by atoms with Gasteiger partial charge in [0.1, 0.15) is 0 Å². The van der Waals surface area contributed by atoms with Gasteiger partial charge in [0.05, 0.1) is 12.2 Å². The maximum absolute atomic E-state index is 6.38. The highest BCUT2D eigenvalue weighted by Gasteiger charge is 2.29. The molecule has 1 aromatic carbocycles. The molecule has 100 valence electrons. The first-order valence-corrected chi connectivity index (χ1v) is 6.78. The second-order valence-corrected chi connectivity index (χ2v) is 5.39. The molecule has 3 heteroatoms. The number of nitrogens with two attached hydrogens (primary N) is 1. The minimum atomic E-state index is 0.0590. The Morgan fingerprint density at radius 3 is 2.28 bits per heavy atom. The minimum Gasteiger partial charge on any atom is -0.373 e. The third-order valence-electron chi connectivity index (χ3n) is 3.73. The predicted molar refractivity (Wildman–Crippen MR) is 74.4 cm³/mol. The third-order valence-corrected chi connectivity index (χ3v) is 3.73. The van der Waals surface area contributed by atoms with Crippen LogP contribution in [-0.4, -0.2) is 36.2 Å². The Labute approximate surface area is 110 Å². The van der Waals surface area contributed by atoms with Crippen LogP contribution in [0.4, 0.5) is 0 Å². The lowest BCUT2D eigenvalue weighted by atomic mass is 9.99. The first-order valence-electron chi connectivity index (χ1n) is 6.78. The van der Waals surface area contributed by atoms with Gasteiger partial charge in [0.15, 0.2) is 0 Å². The smallest absolute Gasteiger partial charge is 0.0678 e. The van der Waals surface area contributed by atoms with Gasteiger partial charge in [0.25, 0.3) is 0 Å². The molecular formula is C15H24N2O. The second-order valence-electron chi connectivity index (χ2n) is 5.39. The Kier molecular flexibility index (Phi) is 4.38. The summed E-state index contributed by atoms with van der Waals surface area (Å²) in [5.41, 5.74) is 7.58. The Bertz CT molecular complexity index is 358. The summed E-state index contributed by atoms with van der Waals surface area (Å²) >= 11 is 0. The lowest BCUT2D eigenvalue weighted by Gasteiger charge is -2.41. The summed E-state index contributed by atoms with van der Waals surface area (Å²) in [7, 11) is 0. The summed E-state index contributed by atoms with van der Waals surface area (Å²) in [6, 6.07) is 10.7. The van der Waals surface area contributed by atoms with E-state index < -0.39 is 0 Å². The van der Waals surface area contributed by atoms with Crippen molar-refractivity contribution in [1.29, 1.82) is 0 Å². The number of hydrogen-bond donors (Lipinski definition) is 1. The zero-order valence-corrected chi connectivity index (χ0v) is 11.5. The first kappa shape index (κ1) is 13.5. The summed E-state index contributed by atoms with van der Waals surface area (Å²) < 4.78 is 5.77. The highest BCUT2D eigenvalue weighted by atomic mass is 16.5. The molecule has 0 bridgehead atoms. The molecule has 0 amide bonds. The van der Waals surface area contributed by atoms with Crippen LogP contribution in [0.25, 0.3) is 0 Å². The van der Waals surface area contributed by atoms with Crippen molar-refractivity contribution in [2.24, 2.45) is 5.73 Å². The largest absolute Gasteiger partial charge is 0.373 e. The number of hydrogen-bond acceptors (Lipinski definition) is 3. The molecule has 0 spiro atoms. The van der Waals surface area contributed by atoms with Gasteiger partial charge in [-0.3, -0.25) is 4.90 Å². The molecule has 3 nitrogen and oxygen atoms in total. The van der Waals surface area contributed by atoms with E-state index in [-0.39, 0.29) is 6.04 Å². The van der Waals surface area contributed by atoms with E-state index in [0.29, 0.717) is 18.2 Å². The number of benzene rings is 1. The molecule has 1 aromatic rings. The van der Waals surface area contributed by atoms with Gasteiger partial charge >= 0.3 is 0 Å². The van der Waals surface area contributed by atoms with E-state index >= 15 is 0 Å². The Balaban J connectivity index is 2.04. The quantitative estimate of drug-likeness (QED) is 0.891. The standard InChI is InChI=1S/C15H24N2O/c1-11-9-17(10-12(2)18-11)13(3)15(16)14-7-5-4-6-8-14/h4-8,11-13,15H,9-10,16H2,1-3H3. The van der Waals surface area contributed by atoms with Crippen molar-refractivity contribution in [1.82, 2.24) is 4.90 Å². The fourth-order valence-electron chi connectivity index (χ4n) is 2.73. The number of rotatable bonds is 3. The zero-order chi connectivity index (χ0) is 13.1. The van der Waals surface area contributed by atoms with Crippen molar-refractivity contribution in [2.75, 3.05) is 13.1 Å². The SMILES string of the molecule is CC1CN(C(C)C(N)c2ccccc2)CC(C)O1. The second kappa shape index (κ2) is 5.83. The number of ether oxygens (including phenoxy) is 1. The van der Waals surface area contributed by atoms with Crippen LogP contribution in [0.3, 0.4) is 0 Å². The van der Waals surface area contributed by atoms with Crippen molar-refractivity contribution in [3.63, 3.8) is 0 Å². The average molecular weight is 248 g/mol. The monoisotopic (exact) mass is 248 g/mol. The predicted octanol–water partition coefficient (Wildman–Crippen LogP) is 2.18. The summed E-state index contributed by atoms with van der Waals surface area (Å²) in [6.45, 7) is 8.40. The van der Waals surface area contributed by atoms with E-state index in [2.05, 4.69) is 37.8 Å². The van der Waals surface area contributed by atoms with Gasteiger partial charge in [-0.05, 0) is 26.3 Å². The van der Waals surface area contributed by atoms with Crippen LogP contribution in [0.5, 0.6) is 0 Å². The molecule has 2 N–H and O–H groups in total. The van der Waals surface area contributed by atoms with Crippen LogP contribution >= 0.6 is 0 Å². The van der Waals surface area contributed by atoms with Crippen LogP contribution in [0.15, 0.2) is 30.3 Å². The fourth-order valence-corrected chi connectivity index (χ4v) is 2.73. The lowest BCUT2D eigenvalue weighted by molar-refractivity contribution is -0.0809. The molecule has 1 fully saturated rings. The van der Waals surface area contributed by atoms with E-state index in [9.17, 15) is 0 Å². The summed E-state index contributed by atoms with van der Waals surface area (Å²) in [5, 5.41) is 0. The van der Waals surface area contributed by atoms with Crippen molar-refractivity contribution in [2.45, 2.75) is 45.1 Å². The number of nitrogens with zero attached hydrogens (tertiary/aromatic N) is 1. The van der Waals surface area contributed by atoms with Gasteiger partial charge in [0, 0.05) is 25.2 Å². The normalized spacial score (nSPS) is 28.9. The van der Waals surface area contributed by atoms with Gasteiger partial charge in [-0.2, -0.15) is 0 Å². The molecule has 0 saturated carbocycles. The van der Waals surface area contributed by atoms with Gasteiger partial charge in [-0.25, -0.2) is 0 Å². The van der Waals surface area contributed by atoms with E-state index in [1.807, 2.05) is 18.2 Å². The van der Waals surface area contributed by atoms with Crippen LogP contribution in [0.1, 0.15) is 32.4 Å². The van der Waals surface area contributed by atoms with Crippen molar-refractivity contribution < 1.29 is 4.74 Å². The Hall–Kier alpha value is -0.900. The number of morpholine rings is 1.